The highest BCUT2D eigenvalue weighted by Gasteiger charge is 2.35. The maximum atomic E-state index is 14.3. The van der Waals surface area contributed by atoms with Gasteiger partial charge in [-0.2, -0.15) is 8.78 Å². The van der Waals surface area contributed by atoms with Crippen molar-refractivity contribution in [3.63, 3.8) is 0 Å². The molecular formula is C25H36F2O. The first-order valence-corrected chi connectivity index (χ1v) is 11.2. The summed E-state index contributed by atoms with van der Waals surface area (Å²) in [6, 6.07) is 8.15. The van der Waals surface area contributed by atoms with Gasteiger partial charge in [-0.05, 0) is 80.2 Å². The van der Waals surface area contributed by atoms with Crippen LogP contribution in [-0.2, 0) is 11.3 Å². The van der Waals surface area contributed by atoms with Crippen LogP contribution in [0.15, 0.2) is 36.4 Å². The molecule has 2 saturated carbocycles. The summed E-state index contributed by atoms with van der Waals surface area (Å²) >= 11 is 0. The van der Waals surface area contributed by atoms with Crippen LogP contribution >= 0.6 is 0 Å². The predicted octanol–water partition coefficient (Wildman–Crippen LogP) is 7.86. The highest BCUT2D eigenvalue weighted by molar-refractivity contribution is 5.25. The second-order valence-corrected chi connectivity index (χ2v) is 9.14. The van der Waals surface area contributed by atoms with Gasteiger partial charge in [0.15, 0.2) is 0 Å². The van der Waals surface area contributed by atoms with Crippen molar-refractivity contribution in [1.29, 1.82) is 0 Å². The molecule has 0 atom stereocenters. The largest absolute Gasteiger partial charge is 0.356 e. The molecule has 1 aromatic carbocycles. The maximum absolute atomic E-state index is 14.3. The third-order valence-corrected chi connectivity index (χ3v) is 6.80. The summed E-state index contributed by atoms with van der Waals surface area (Å²) in [4.78, 5) is 0. The topological polar surface area (TPSA) is 9.23 Å². The fraction of sp³-hybridized carbons (Fsp3) is 0.680. The third kappa shape index (κ3) is 6.40. The van der Waals surface area contributed by atoms with Gasteiger partial charge in [0.2, 0.25) is 0 Å². The minimum Gasteiger partial charge on any atom is -0.316 e. The van der Waals surface area contributed by atoms with Gasteiger partial charge < -0.3 is 4.74 Å². The monoisotopic (exact) mass is 390 g/mol. The van der Waals surface area contributed by atoms with Crippen LogP contribution in [0.2, 0.25) is 0 Å². The maximum Gasteiger partial charge on any atom is 0.356 e. The summed E-state index contributed by atoms with van der Waals surface area (Å²) in [5, 5.41) is 0. The number of hydrogen-bond donors (Lipinski definition) is 0. The van der Waals surface area contributed by atoms with E-state index < -0.39 is 6.11 Å². The smallest absolute Gasteiger partial charge is 0.316 e. The van der Waals surface area contributed by atoms with E-state index in [4.69, 9.17) is 4.74 Å². The Hall–Kier alpha value is -1.22. The normalized spacial score (nSPS) is 29.3. The van der Waals surface area contributed by atoms with E-state index in [0.717, 1.165) is 37.2 Å². The number of benzene rings is 1. The summed E-state index contributed by atoms with van der Waals surface area (Å²) in [6.07, 6.45) is 9.97. The van der Waals surface area contributed by atoms with Crippen LogP contribution in [0.1, 0.15) is 88.7 Å². The molecule has 2 aliphatic rings. The van der Waals surface area contributed by atoms with Crippen LogP contribution in [0.25, 0.3) is 0 Å². The second kappa shape index (κ2) is 10.0. The number of halogens is 2. The van der Waals surface area contributed by atoms with Crippen molar-refractivity contribution >= 4 is 0 Å². The van der Waals surface area contributed by atoms with Gasteiger partial charge in [0.25, 0.3) is 0 Å². The first kappa shape index (κ1) is 21.5. The molecule has 1 aromatic rings. The van der Waals surface area contributed by atoms with E-state index in [1.54, 1.807) is 0 Å². The molecule has 28 heavy (non-hydrogen) atoms. The molecule has 156 valence electrons. The molecular weight excluding hydrogens is 354 g/mol. The fourth-order valence-electron chi connectivity index (χ4n) is 4.92. The number of rotatable bonds is 7. The van der Waals surface area contributed by atoms with Gasteiger partial charge in [0.05, 0.1) is 6.61 Å². The van der Waals surface area contributed by atoms with Crippen molar-refractivity contribution in [2.75, 3.05) is 0 Å². The van der Waals surface area contributed by atoms with Crippen molar-refractivity contribution in [2.24, 2.45) is 17.8 Å². The van der Waals surface area contributed by atoms with E-state index in [1.165, 1.54) is 31.2 Å². The van der Waals surface area contributed by atoms with E-state index >= 15 is 0 Å². The summed E-state index contributed by atoms with van der Waals surface area (Å²) < 4.78 is 33.7. The van der Waals surface area contributed by atoms with E-state index in [9.17, 15) is 8.78 Å². The SMILES string of the molecule is C/C=C/C1CCC(CC(F)(F)OCc2ccc(C3CCC(C)CC3)cc2)CC1. The number of allylic oxidation sites excluding steroid dienone is 2. The van der Waals surface area contributed by atoms with Crippen LogP contribution in [0.5, 0.6) is 0 Å². The molecule has 3 rings (SSSR count). The van der Waals surface area contributed by atoms with Crippen molar-refractivity contribution in [3.8, 4) is 0 Å². The number of ether oxygens (including phenoxy) is 1. The van der Waals surface area contributed by atoms with Crippen LogP contribution in [0, 0.1) is 17.8 Å². The van der Waals surface area contributed by atoms with Crippen molar-refractivity contribution < 1.29 is 13.5 Å². The van der Waals surface area contributed by atoms with Crippen molar-refractivity contribution in [1.82, 2.24) is 0 Å². The summed E-state index contributed by atoms with van der Waals surface area (Å²) in [7, 11) is 0. The Morgan fingerprint density at radius 1 is 0.964 bits per heavy atom. The predicted molar refractivity (Wildman–Crippen MR) is 111 cm³/mol. The molecule has 0 radical (unpaired) electrons. The Morgan fingerprint density at radius 3 is 2.21 bits per heavy atom. The molecule has 2 fully saturated rings. The first-order valence-electron chi connectivity index (χ1n) is 11.2. The molecule has 0 aliphatic heterocycles. The van der Waals surface area contributed by atoms with Crippen LogP contribution in [-0.4, -0.2) is 6.11 Å². The van der Waals surface area contributed by atoms with E-state index in [-0.39, 0.29) is 18.9 Å². The van der Waals surface area contributed by atoms with Gasteiger partial charge in [-0.15, -0.1) is 0 Å². The number of hydrogen-bond acceptors (Lipinski definition) is 1. The summed E-state index contributed by atoms with van der Waals surface area (Å²) in [5.41, 5.74) is 2.18. The van der Waals surface area contributed by atoms with Gasteiger partial charge in [-0.3, -0.25) is 0 Å². The molecule has 2 aliphatic carbocycles. The Kier molecular flexibility index (Phi) is 7.68. The second-order valence-electron chi connectivity index (χ2n) is 9.14. The molecule has 0 heterocycles. The molecule has 0 saturated heterocycles. The fourth-order valence-corrected chi connectivity index (χ4v) is 4.92. The lowest BCUT2D eigenvalue weighted by Crippen LogP contribution is -2.26. The zero-order valence-electron chi connectivity index (χ0n) is 17.5. The minimum atomic E-state index is -3.03. The molecule has 0 bridgehead atoms. The van der Waals surface area contributed by atoms with E-state index in [0.29, 0.717) is 11.8 Å². The minimum absolute atomic E-state index is 0.0110. The van der Waals surface area contributed by atoms with Gasteiger partial charge in [0, 0.05) is 6.42 Å². The molecule has 0 amide bonds. The molecule has 3 heteroatoms. The lowest BCUT2D eigenvalue weighted by atomic mass is 9.79. The number of alkyl halides is 2. The molecule has 0 unspecified atom stereocenters. The summed E-state index contributed by atoms with van der Waals surface area (Å²) in [6.45, 7) is 4.34. The Bertz CT molecular complexity index is 606. The van der Waals surface area contributed by atoms with Crippen molar-refractivity contribution in [2.45, 2.75) is 90.3 Å². The first-order chi connectivity index (χ1) is 13.4. The molecule has 0 N–H and O–H groups in total. The molecule has 0 aromatic heterocycles. The van der Waals surface area contributed by atoms with Crippen LogP contribution in [0.3, 0.4) is 0 Å². The quantitative estimate of drug-likeness (QED) is 0.430. The molecule has 1 nitrogen and oxygen atoms in total. The highest BCUT2D eigenvalue weighted by Crippen LogP contribution is 2.38. The Morgan fingerprint density at radius 2 is 1.61 bits per heavy atom. The van der Waals surface area contributed by atoms with Crippen LogP contribution < -0.4 is 0 Å². The Labute approximate surface area is 169 Å². The van der Waals surface area contributed by atoms with E-state index in [1.807, 2.05) is 19.1 Å². The average molecular weight is 391 g/mol. The van der Waals surface area contributed by atoms with Gasteiger partial charge in [-0.25, -0.2) is 0 Å². The summed E-state index contributed by atoms with van der Waals surface area (Å²) in [5.74, 6) is 2.11. The van der Waals surface area contributed by atoms with Gasteiger partial charge >= 0.3 is 6.11 Å². The lowest BCUT2D eigenvalue weighted by molar-refractivity contribution is -0.256. The van der Waals surface area contributed by atoms with Gasteiger partial charge in [-0.1, -0.05) is 56.2 Å². The lowest BCUT2D eigenvalue weighted by Gasteiger charge is -2.29. The molecule has 0 spiro atoms. The average Bonchev–Trinajstić information content (AvgIpc) is 2.69. The zero-order chi connectivity index (χ0) is 20.0. The van der Waals surface area contributed by atoms with E-state index in [2.05, 4.69) is 31.2 Å². The Balaban J connectivity index is 1.44. The van der Waals surface area contributed by atoms with Crippen LogP contribution in [0.4, 0.5) is 8.78 Å². The highest BCUT2D eigenvalue weighted by atomic mass is 19.3. The zero-order valence-corrected chi connectivity index (χ0v) is 17.5. The third-order valence-electron chi connectivity index (χ3n) is 6.80. The standard InChI is InChI=1S/C25H36F2O/c1-3-4-20-7-9-21(10-8-20)17-25(26,27)28-18-22-11-15-24(16-12-22)23-13-5-19(2)6-14-23/h3-4,11-12,15-16,19-21,23H,5-10,13-14,17-18H2,1-2H3/b4-3+. The van der Waals surface area contributed by atoms with Gasteiger partial charge in [0.1, 0.15) is 0 Å². The van der Waals surface area contributed by atoms with Crippen molar-refractivity contribution in [3.05, 3.63) is 47.5 Å².